The second-order valence-electron chi connectivity index (χ2n) is 18.6. The van der Waals surface area contributed by atoms with Crippen LogP contribution in [0.2, 0.25) is 0 Å². The summed E-state index contributed by atoms with van der Waals surface area (Å²) in [7, 11) is 0. The second-order valence-corrected chi connectivity index (χ2v) is 20.1. The molecule has 262 valence electrons. The van der Waals surface area contributed by atoms with Gasteiger partial charge >= 0.3 is 0 Å². The summed E-state index contributed by atoms with van der Waals surface area (Å²) in [6, 6.07) is 0.529. The van der Waals surface area contributed by atoms with E-state index in [4.69, 9.17) is 18.9 Å². The monoisotopic (exact) mass is 661 g/mol. The van der Waals surface area contributed by atoms with Gasteiger partial charge in [-0.05, 0) is 117 Å². The average Bonchev–Trinajstić information content (AvgIpc) is 3.61. The Morgan fingerprint density at radius 2 is 1.72 bits per heavy atom. The Bertz CT molecular complexity index is 1170. The molecule has 0 aromatic heterocycles. The van der Waals surface area contributed by atoms with E-state index in [1.54, 1.807) is 0 Å². The first kappa shape index (κ1) is 33.2. The molecule has 2 N–H and O–H groups in total. The topological polar surface area (TPSA) is 80.6 Å². The maximum absolute atomic E-state index is 12.5. The lowest BCUT2D eigenvalue weighted by Gasteiger charge is -2.63. The Morgan fingerprint density at radius 1 is 0.978 bits per heavy atom. The van der Waals surface area contributed by atoms with Gasteiger partial charge in [0.05, 0.1) is 67.7 Å². The van der Waals surface area contributed by atoms with Crippen molar-refractivity contribution in [2.24, 2.45) is 44.8 Å². The Labute approximate surface area is 282 Å². The Morgan fingerprint density at radius 3 is 2.41 bits per heavy atom. The molecule has 7 nitrogen and oxygen atoms in total. The molecule has 0 amide bonds. The number of rotatable bonds is 7. The van der Waals surface area contributed by atoms with Gasteiger partial charge < -0.3 is 29.2 Å². The maximum Gasteiger partial charge on any atom is 0.170 e. The minimum absolute atomic E-state index is 0.0106. The van der Waals surface area contributed by atoms with Crippen LogP contribution in [-0.2, 0) is 18.9 Å². The predicted molar refractivity (Wildman–Crippen MR) is 181 cm³/mol. The summed E-state index contributed by atoms with van der Waals surface area (Å²) in [5, 5.41) is 23.6. The van der Waals surface area contributed by atoms with Crippen LogP contribution in [0, 0.1) is 44.8 Å². The molecule has 8 heteroatoms. The summed E-state index contributed by atoms with van der Waals surface area (Å²) in [6.45, 7) is 20.3. The van der Waals surface area contributed by atoms with Crippen molar-refractivity contribution in [2.45, 2.75) is 154 Å². The molecule has 2 spiro atoms. The van der Waals surface area contributed by atoms with Gasteiger partial charge in [0.1, 0.15) is 0 Å². The number of fused-ring (bicyclic) bond motifs is 4. The molecule has 46 heavy (non-hydrogen) atoms. The number of aliphatic hydroxyl groups is 2. The van der Waals surface area contributed by atoms with E-state index >= 15 is 0 Å². The number of hydrogen-bond acceptors (Lipinski definition) is 8. The van der Waals surface area contributed by atoms with Gasteiger partial charge in [-0.3, -0.25) is 4.90 Å². The van der Waals surface area contributed by atoms with Crippen LogP contribution >= 0.6 is 11.8 Å². The first-order valence-corrected chi connectivity index (χ1v) is 20.0. The standard InChI is InChI=1S/C38H63NO6S/c1-8-46-32(34(4,5)41)25-10-9-24-30(44-25)31(40)36(7)27-12-11-26-33(2,3)28(45-29-19-39(17-18-43-29)23-20-42-21-23)13-14-37(26)22-38(27,37)16-15-35(24,36)6/h23-32,40-41H,8-22H2,1-7H3/t24?,25?,26-,27?,28-,29?,30?,31-,32-,35+,36+,37+,38?/m0/s1. The van der Waals surface area contributed by atoms with Crippen molar-refractivity contribution in [3.63, 3.8) is 0 Å². The third-order valence-electron chi connectivity index (χ3n) is 16.3. The Kier molecular flexibility index (Phi) is 7.97. The van der Waals surface area contributed by atoms with E-state index in [0.29, 0.717) is 34.6 Å². The van der Waals surface area contributed by atoms with Gasteiger partial charge in [-0.1, -0.05) is 34.6 Å². The van der Waals surface area contributed by atoms with Gasteiger partial charge in [0, 0.05) is 12.0 Å². The van der Waals surface area contributed by atoms with Crippen molar-refractivity contribution in [1.29, 1.82) is 0 Å². The fourth-order valence-corrected chi connectivity index (χ4v) is 15.0. The highest BCUT2D eigenvalue weighted by molar-refractivity contribution is 8.00. The van der Waals surface area contributed by atoms with Crippen LogP contribution < -0.4 is 0 Å². The summed E-state index contributed by atoms with van der Waals surface area (Å²) in [5.74, 6) is 2.55. The molecule has 3 saturated heterocycles. The second kappa shape index (κ2) is 11.0. The van der Waals surface area contributed by atoms with Crippen LogP contribution in [0.25, 0.3) is 0 Å². The number of morpholine rings is 1. The summed E-state index contributed by atoms with van der Waals surface area (Å²) in [4.78, 5) is 2.51. The number of nitrogens with zero attached hydrogens (tertiary/aromatic N) is 1. The molecule has 8 aliphatic rings. The van der Waals surface area contributed by atoms with E-state index in [-0.39, 0.29) is 46.1 Å². The van der Waals surface area contributed by atoms with E-state index in [9.17, 15) is 10.2 Å². The molecule has 3 aliphatic heterocycles. The van der Waals surface area contributed by atoms with Gasteiger partial charge in [0.25, 0.3) is 0 Å². The fourth-order valence-electron chi connectivity index (χ4n) is 13.9. The minimum atomic E-state index is -0.811. The predicted octanol–water partition coefficient (Wildman–Crippen LogP) is 5.89. The zero-order valence-corrected chi connectivity index (χ0v) is 30.6. The Hall–Kier alpha value is 0.0700. The quantitative estimate of drug-likeness (QED) is 0.350. The number of aliphatic hydroxyl groups excluding tert-OH is 1. The van der Waals surface area contributed by atoms with E-state index in [1.165, 1.54) is 38.5 Å². The van der Waals surface area contributed by atoms with E-state index < -0.39 is 11.7 Å². The smallest absolute Gasteiger partial charge is 0.170 e. The van der Waals surface area contributed by atoms with Crippen molar-refractivity contribution in [1.82, 2.24) is 4.90 Å². The summed E-state index contributed by atoms with van der Waals surface area (Å²) in [5.41, 5.74) is -0.0461. The molecule has 0 bridgehead atoms. The molecular weight excluding hydrogens is 598 g/mol. The maximum atomic E-state index is 12.5. The third-order valence-corrected chi connectivity index (χ3v) is 17.9. The van der Waals surface area contributed by atoms with Crippen molar-refractivity contribution in [3.8, 4) is 0 Å². The molecule has 3 heterocycles. The molecule has 0 aromatic carbocycles. The molecule has 5 saturated carbocycles. The molecule has 0 radical (unpaired) electrons. The van der Waals surface area contributed by atoms with E-state index in [1.807, 2.05) is 25.6 Å². The number of thioether (sulfide) groups is 1. The van der Waals surface area contributed by atoms with Crippen LogP contribution in [-0.4, -0.2) is 101 Å². The SMILES string of the molecule is CCS[C@@H](C1CCC2C(O1)[C@H](O)[C@@]1(C)C3CC[C@H]4C(C)(C)[C@@H](OC5CN(C6COC6)CCO5)CC[C@@]45CC35CC[C@]21C)C(C)(C)O. The van der Waals surface area contributed by atoms with Gasteiger partial charge in [-0.25, -0.2) is 0 Å². The van der Waals surface area contributed by atoms with Crippen LogP contribution in [0.3, 0.4) is 0 Å². The molecule has 8 fully saturated rings. The number of ether oxygens (including phenoxy) is 4. The highest BCUT2D eigenvalue weighted by atomic mass is 32.2. The first-order valence-electron chi connectivity index (χ1n) is 19.0. The molecule has 8 rings (SSSR count). The van der Waals surface area contributed by atoms with Crippen molar-refractivity contribution < 1.29 is 29.2 Å². The van der Waals surface area contributed by atoms with Gasteiger partial charge in [-0.2, -0.15) is 11.8 Å². The van der Waals surface area contributed by atoms with Crippen LogP contribution in [0.15, 0.2) is 0 Å². The lowest BCUT2D eigenvalue weighted by Crippen LogP contribution is -2.60. The fraction of sp³-hybridized carbons (Fsp3) is 1.00. The lowest BCUT2D eigenvalue weighted by atomic mass is 9.41. The van der Waals surface area contributed by atoms with Crippen LogP contribution in [0.5, 0.6) is 0 Å². The summed E-state index contributed by atoms with van der Waals surface area (Å²) >= 11 is 1.82. The first-order chi connectivity index (χ1) is 21.7. The average molecular weight is 662 g/mol. The van der Waals surface area contributed by atoms with Crippen molar-refractivity contribution >= 4 is 11.8 Å². The minimum Gasteiger partial charge on any atom is -0.390 e. The van der Waals surface area contributed by atoms with Gasteiger partial charge in [0.2, 0.25) is 0 Å². The molecule has 13 atom stereocenters. The zero-order valence-electron chi connectivity index (χ0n) is 29.8. The summed E-state index contributed by atoms with van der Waals surface area (Å²) < 4.78 is 25.6. The number of hydrogen-bond donors (Lipinski definition) is 2. The van der Waals surface area contributed by atoms with Gasteiger partial charge in [-0.15, -0.1) is 0 Å². The molecule has 5 aliphatic carbocycles. The lowest BCUT2D eigenvalue weighted by molar-refractivity contribution is -0.256. The largest absolute Gasteiger partial charge is 0.390 e. The van der Waals surface area contributed by atoms with Crippen LogP contribution in [0.4, 0.5) is 0 Å². The van der Waals surface area contributed by atoms with Crippen LogP contribution in [0.1, 0.15) is 106 Å². The van der Waals surface area contributed by atoms with E-state index in [2.05, 4.69) is 39.5 Å². The third kappa shape index (κ3) is 4.42. The van der Waals surface area contributed by atoms with Gasteiger partial charge in [0.15, 0.2) is 6.29 Å². The zero-order chi connectivity index (χ0) is 32.5. The molecule has 0 aromatic rings. The highest BCUT2D eigenvalue weighted by Gasteiger charge is 2.84. The Balaban J connectivity index is 1.01. The van der Waals surface area contributed by atoms with E-state index in [0.717, 1.165) is 57.9 Å². The van der Waals surface area contributed by atoms with Crippen molar-refractivity contribution in [2.75, 3.05) is 38.7 Å². The highest BCUT2D eigenvalue weighted by Crippen LogP contribution is 2.89. The van der Waals surface area contributed by atoms with Crippen molar-refractivity contribution in [3.05, 3.63) is 0 Å². The molecule has 6 unspecified atom stereocenters. The normalized spacial score (nSPS) is 52.4. The summed E-state index contributed by atoms with van der Waals surface area (Å²) in [6.07, 6.45) is 10.3. The molecular formula is C38H63NO6S.